The number of hydrogen-bond acceptors (Lipinski definition) is 5. The summed E-state index contributed by atoms with van der Waals surface area (Å²) in [6.45, 7) is 6.68. The zero-order valence-corrected chi connectivity index (χ0v) is 17.0. The van der Waals surface area contributed by atoms with E-state index in [4.69, 9.17) is 16.3 Å². The number of hydrogen-bond donors (Lipinski definition) is 1. The highest BCUT2D eigenvalue weighted by Gasteiger charge is 2.22. The fraction of sp³-hybridized carbons (Fsp3) is 0.364. The molecule has 1 aromatic heterocycles. The van der Waals surface area contributed by atoms with Gasteiger partial charge in [-0.15, -0.1) is 0 Å². The molecule has 5 nitrogen and oxygen atoms in total. The summed E-state index contributed by atoms with van der Waals surface area (Å²) in [6, 6.07) is 14.1. The fourth-order valence-electron chi connectivity index (χ4n) is 3.50. The topological polar surface area (TPSA) is 50.3 Å². The first-order valence-electron chi connectivity index (χ1n) is 9.77. The third-order valence-corrected chi connectivity index (χ3v) is 5.42. The van der Waals surface area contributed by atoms with Crippen LogP contribution in [0, 0.1) is 0 Å². The number of halogens is 1. The van der Waals surface area contributed by atoms with Crippen molar-refractivity contribution in [3.05, 3.63) is 53.7 Å². The van der Waals surface area contributed by atoms with Gasteiger partial charge in [0.1, 0.15) is 11.9 Å². The molecule has 1 aliphatic heterocycles. The molecule has 28 heavy (non-hydrogen) atoms. The lowest BCUT2D eigenvalue weighted by molar-refractivity contribution is 0.0844. The van der Waals surface area contributed by atoms with Crippen LogP contribution in [0.15, 0.2) is 48.7 Å². The predicted molar refractivity (Wildman–Crippen MR) is 115 cm³/mol. The molecule has 0 spiro atoms. The minimum atomic E-state index is 0.265. The number of fused-ring (bicyclic) bond motifs is 1. The van der Waals surface area contributed by atoms with Gasteiger partial charge in [-0.25, -0.2) is 9.97 Å². The quantitative estimate of drug-likeness (QED) is 0.635. The Morgan fingerprint density at radius 2 is 1.86 bits per heavy atom. The van der Waals surface area contributed by atoms with Crippen LogP contribution in [0.4, 0.5) is 11.6 Å². The number of piperidine rings is 1. The van der Waals surface area contributed by atoms with Crippen LogP contribution in [-0.4, -0.2) is 40.1 Å². The van der Waals surface area contributed by atoms with Gasteiger partial charge in [-0.2, -0.15) is 0 Å². The molecule has 0 radical (unpaired) electrons. The number of likely N-dealkylation sites (tertiary alicyclic amines) is 1. The van der Waals surface area contributed by atoms with Gasteiger partial charge in [0.15, 0.2) is 0 Å². The van der Waals surface area contributed by atoms with Crippen LogP contribution in [0.2, 0.25) is 5.02 Å². The molecule has 1 fully saturated rings. The number of anilines is 2. The van der Waals surface area contributed by atoms with Crippen LogP contribution in [0.5, 0.6) is 5.75 Å². The van der Waals surface area contributed by atoms with Crippen molar-refractivity contribution >= 4 is 34.1 Å². The van der Waals surface area contributed by atoms with Crippen LogP contribution in [0.25, 0.3) is 10.9 Å². The van der Waals surface area contributed by atoms with Gasteiger partial charge in [0, 0.05) is 47.5 Å². The van der Waals surface area contributed by atoms with E-state index in [-0.39, 0.29) is 6.10 Å². The molecule has 2 heterocycles. The Kier molecular flexibility index (Phi) is 5.64. The van der Waals surface area contributed by atoms with Crippen molar-refractivity contribution in [2.24, 2.45) is 0 Å². The zero-order chi connectivity index (χ0) is 19.5. The third-order valence-electron chi connectivity index (χ3n) is 5.16. The molecule has 1 saturated heterocycles. The van der Waals surface area contributed by atoms with Crippen molar-refractivity contribution in [3.8, 4) is 5.75 Å². The van der Waals surface area contributed by atoms with Gasteiger partial charge in [0.2, 0.25) is 5.95 Å². The molecule has 1 N–H and O–H groups in total. The van der Waals surface area contributed by atoms with Crippen molar-refractivity contribution in [1.29, 1.82) is 0 Å². The molecule has 0 amide bonds. The lowest BCUT2D eigenvalue weighted by Crippen LogP contribution is -2.41. The second-order valence-electron chi connectivity index (χ2n) is 7.49. The Balaban J connectivity index is 1.46. The van der Waals surface area contributed by atoms with E-state index >= 15 is 0 Å². The van der Waals surface area contributed by atoms with Crippen LogP contribution in [-0.2, 0) is 0 Å². The van der Waals surface area contributed by atoms with Crippen LogP contribution in [0.1, 0.15) is 26.7 Å². The average Bonchev–Trinajstić information content (AvgIpc) is 2.70. The summed E-state index contributed by atoms with van der Waals surface area (Å²) in [7, 11) is 0. The summed E-state index contributed by atoms with van der Waals surface area (Å²) in [4.78, 5) is 11.5. The van der Waals surface area contributed by atoms with Gasteiger partial charge in [0.05, 0.1) is 5.52 Å². The second kappa shape index (κ2) is 8.33. The maximum absolute atomic E-state index is 6.24. The van der Waals surface area contributed by atoms with Gasteiger partial charge in [0.25, 0.3) is 0 Å². The van der Waals surface area contributed by atoms with Crippen molar-refractivity contribution < 1.29 is 4.74 Å². The number of nitrogens with zero attached hydrogens (tertiary/aromatic N) is 3. The maximum atomic E-state index is 6.24. The third kappa shape index (κ3) is 4.54. The molecule has 0 bridgehead atoms. The Labute approximate surface area is 170 Å². The SMILES string of the molecule is CC(C)N1CCC(Oc2ccc3cnc(Nc4ccc(Cl)cc4)nc3c2)CC1. The van der Waals surface area contributed by atoms with Gasteiger partial charge in [-0.05, 0) is 63.1 Å². The molecule has 3 aromatic rings. The van der Waals surface area contributed by atoms with Crippen LogP contribution in [0.3, 0.4) is 0 Å². The molecule has 0 saturated carbocycles. The lowest BCUT2D eigenvalue weighted by Gasteiger charge is -2.34. The van der Waals surface area contributed by atoms with Crippen molar-refractivity contribution in [1.82, 2.24) is 14.9 Å². The molecule has 0 unspecified atom stereocenters. The summed E-state index contributed by atoms with van der Waals surface area (Å²) >= 11 is 5.94. The van der Waals surface area contributed by atoms with Gasteiger partial charge < -0.3 is 15.0 Å². The summed E-state index contributed by atoms with van der Waals surface area (Å²) in [6.07, 6.45) is 4.21. The standard InChI is InChI=1S/C22H25ClN4O/c1-15(2)27-11-9-19(10-12-27)28-20-8-3-16-14-24-22(26-21(16)13-20)25-18-6-4-17(23)5-7-18/h3-8,13-15,19H,9-12H2,1-2H3,(H,24,25,26). The summed E-state index contributed by atoms with van der Waals surface area (Å²) in [5.41, 5.74) is 1.76. The van der Waals surface area contributed by atoms with E-state index < -0.39 is 0 Å². The highest BCUT2D eigenvalue weighted by atomic mass is 35.5. The van der Waals surface area contributed by atoms with E-state index in [1.165, 1.54) is 0 Å². The van der Waals surface area contributed by atoms with E-state index in [0.717, 1.165) is 48.3 Å². The first-order chi connectivity index (χ1) is 13.6. The second-order valence-corrected chi connectivity index (χ2v) is 7.93. The molecule has 146 valence electrons. The molecule has 2 aromatic carbocycles. The minimum Gasteiger partial charge on any atom is -0.490 e. The molecule has 4 rings (SSSR count). The van der Waals surface area contributed by atoms with Crippen LogP contribution < -0.4 is 10.1 Å². The summed E-state index contributed by atoms with van der Waals surface area (Å²) < 4.78 is 6.24. The lowest BCUT2D eigenvalue weighted by atomic mass is 10.1. The van der Waals surface area contributed by atoms with Gasteiger partial charge >= 0.3 is 0 Å². The Bertz CT molecular complexity index is 937. The number of rotatable bonds is 5. The molecular weight excluding hydrogens is 372 g/mol. The van der Waals surface area contributed by atoms with E-state index in [2.05, 4.69) is 34.0 Å². The van der Waals surface area contributed by atoms with E-state index in [0.29, 0.717) is 17.0 Å². The first kappa shape index (κ1) is 19.0. The van der Waals surface area contributed by atoms with Gasteiger partial charge in [-0.3, -0.25) is 0 Å². The normalized spacial score (nSPS) is 15.9. The molecular formula is C22H25ClN4O. The minimum absolute atomic E-state index is 0.265. The zero-order valence-electron chi connectivity index (χ0n) is 16.2. The highest BCUT2D eigenvalue weighted by Crippen LogP contribution is 2.25. The Morgan fingerprint density at radius 1 is 1.11 bits per heavy atom. The first-order valence-corrected chi connectivity index (χ1v) is 10.1. The largest absolute Gasteiger partial charge is 0.490 e. The van der Waals surface area contributed by atoms with E-state index in [1.54, 1.807) is 0 Å². The molecule has 0 atom stereocenters. The fourth-order valence-corrected chi connectivity index (χ4v) is 3.63. The van der Waals surface area contributed by atoms with Crippen molar-refractivity contribution in [2.75, 3.05) is 18.4 Å². The number of nitrogens with one attached hydrogen (secondary N) is 1. The Morgan fingerprint density at radius 3 is 2.57 bits per heavy atom. The monoisotopic (exact) mass is 396 g/mol. The molecule has 0 aliphatic carbocycles. The average molecular weight is 397 g/mol. The number of benzene rings is 2. The van der Waals surface area contributed by atoms with E-state index in [1.807, 2.05) is 48.7 Å². The van der Waals surface area contributed by atoms with E-state index in [9.17, 15) is 0 Å². The predicted octanol–water partition coefficient (Wildman–Crippen LogP) is 5.28. The summed E-state index contributed by atoms with van der Waals surface area (Å²) in [5.74, 6) is 1.42. The molecule has 1 aliphatic rings. The molecule has 6 heteroatoms. The smallest absolute Gasteiger partial charge is 0.227 e. The summed E-state index contributed by atoms with van der Waals surface area (Å²) in [5, 5.41) is 4.90. The maximum Gasteiger partial charge on any atom is 0.227 e. The van der Waals surface area contributed by atoms with Crippen molar-refractivity contribution in [2.45, 2.75) is 38.8 Å². The van der Waals surface area contributed by atoms with Crippen molar-refractivity contribution in [3.63, 3.8) is 0 Å². The van der Waals surface area contributed by atoms with Gasteiger partial charge in [-0.1, -0.05) is 11.6 Å². The van der Waals surface area contributed by atoms with Crippen LogP contribution >= 0.6 is 11.6 Å². The Hall–Kier alpha value is -2.37. The highest BCUT2D eigenvalue weighted by molar-refractivity contribution is 6.30. The number of ether oxygens (including phenoxy) is 1. The number of aromatic nitrogens is 2.